The van der Waals surface area contributed by atoms with Crippen molar-refractivity contribution in [1.82, 2.24) is 14.8 Å². The van der Waals surface area contributed by atoms with Crippen molar-refractivity contribution in [2.24, 2.45) is 11.3 Å². The van der Waals surface area contributed by atoms with Gasteiger partial charge in [0.1, 0.15) is 10.8 Å². The average Bonchev–Trinajstić information content (AvgIpc) is 3.54. The van der Waals surface area contributed by atoms with Crippen molar-refractivity contribution in [1.29, 1.82) is 0 Å². The smallest absolute Gasteiger partial charge is 0.341 e. The lowest BCUT2D eigenvalue weighted by molar-refractivity contribution is -0.113. The van der Waals surface area contributed by atoms with Crippen LogP contribution in [0.4, 0.5) is 5.00 Å². The fourth-order valence-corrected chi connectivity index (χ4v) is 7.60. The first-order valence-electron chi connectivity index (χ1n) is 13.8. The van der Waals surface area contributed by atoms with Crippen LogP contribution in [0, 0.1) is 11.3 Å². The van der Waals surface area contributed by atoms with Gasteiger partial charge in [-0.2, -0.15) is 0 Å². The number of hydrogen-bond donors (Lipinski definition) is 2. The van der Waals surface area contributed by atoms with Crippen LogP contribution in [0.15, 0.2) is 58.2 Å². The Morgan fingerprint density at radius 3 is 2.67 bits per heavy atom. The number of ether oxygens (including phenoxy) is 1. The maximum atomic E-state index is 13.3. The molecule has 8 nitrogen and oxygen atoms in total. The standard InChI is InChI=1S/C31H33BrN4O4S2/c1-5-40-29(39)26-21-13-11-18(31(2,3)4)15-24(21)42-28(26)33-25(38)17-41-30-35-34-27(22-16-19(32)12-14-23(22)37)36(30)20-9-7-6-8-10-20/h6-10,12,14,16,18,37H,5,11,13,15,17H2,1-4H3,(H,33,38)/t18-/m0/s1. The van der Waals surface area contributed by atoms with Crippen LogP contribution >= 0.6 is 39.0 Å². The molecule has 1 aliphatic carbocycles. The fraction of sp³-hybridized carbons (Fsp3) is 0.355. The van der Waals surface area contributed by atoms with Gasteiger partial charge in [0, 0.05) is 15.0 Å². The predicted octanol–water partition coefficient (Wildman–Crippen LogP) is 7.52. The monoisotopic (exact) mass is 668 g/mol. The summed E-state index contributed by atoms with van der Waals surface area (Å²) >= 11 is 6.18. The second-order valence-corrected chi connectivity index (χ2v) is 14.2. The van der Waals surface area contributed by atoms with E-state index in [0.29, 0.717) is 33.0 Å². The highest BCUT2D eigenvalue weighted by Gasteiger charge is 2.34. The molecule has 2 heterocycles. The van der Waals surface area contributed by atoms with Crippen molar-refractivity contribution in [2.45, 2.75) is 52.1 Å². The maximum Gasteiger partial charge on any atom is 0.341 e. The molecule has 0 saturated heterocycles. The van der Waals surface area contributed by atoms with Crippen LogP contribution in [-0.2, 0) is 22.4 Å². The third kappa shape index (κ3) is 6.43. The Labute approximate surface area is 262 Å². The van der Waals surface area contributed by atoms with Crippen LogP contribution in [0.2, 0.25) is 0 Å². The number of rotatable bonds is 8. The molecule has 11 heteroatoms. The molecule has 220 valence electrons. The van der Waals surface area contributed by atoms with E-state index in [1.807, 2.05) is 34.9 Å². The molecule has 0 radical (unpaired) electrons. The van der Waals surface area contributed by atoms with Crippen molar-refractivity contribution in [3.05, 3.63) is 69.0 Å². The Kier molecular flexibility index (Phi) is 9.10. The lowest BCUT2D eigenvalue weighted by Crippen LogP contribution is -2.26. The molecule has 0 saturated carbocycles. The second-order valence-electron chi connectivity index (χ2n) is 11.2. The summed E-state index contributed by atoms with van der Waals surface area (Å²) < 4.78 is 8.00. The number of hydrogen-bond acceptors (Lipinski definition) is 8. The number of anilines is 1. The second kappa shape index (κ2) is 12.6. The van der Waals surface area contributed by atoms with Gasteiger partial charge in [-0.15, -0.1) is 21.5 Å². The highest BCUT2D eigenvalue weighted by atomic mass is 79.9. The van der Waals surface area contributed by atoms with E-state index < -0.39 is 5.97 Å². The number of aromatic hydroxyl groups is 1. The molecule has 1 aliphatic rings. The SMILES string of the molecule is CCOC(=O)c1c(NC(=O)CSc2nnc(-c3cc(Br)ccc3O)n2-c2ccccc2)sc2c1CC[C@H](C(C)(C)C)C2. The van der Waals surface area contributed by atoms with Crippen LogP contribution in [0.3, 0.4) is 0 Å². The average molecular weight is 670 g/mol. The predicted molar refractivity (Wildman–Crippen MR) is 171 cm³/mol. The van der Waals surface area contributed by atoms with Gasteiger partial charge in [-0.25, -0.2) is 4.79 Å². The molecule has 2 N–H and O–H groups in total. The fourth-order valence-electron chi connectivity index (χ4n) is 5.16. The van der Waals surface area contributed by atoms with Gasteiger partial charge in [0.05, 0.1) is 23.5 Å². The lowest BCUT2D eigenvalue weighted by atomic mass is 9.72. The number of thiophene rings is 1. The van der Waals surface area contributed by atoms with E-state index in [1.165, 1.54) is 23.1 Å². The topological polar surface area (TPSA) is 106 Å². The third-order valence-corrected chi connectivity index (χ3v) is 9.99. The van der Waals surface area contributed by atoms with Crippen molar-refractivity contribution >= 4 is 55.9 Å². The van der Waals surface area contributed by atoms with E-state index in [1.54, 1.807) is 25.1 Å². The Bertz CT molecular complexity index is 1610. The zero-order valence-electron chi connectivity index (χ0n) is 23.9. The molecular weight excluding hydrogens is 636 g/mol. The Hall–Kier alpha value is -3.15. The number of thioether (sulfide) groups is 1. The Balaban J connectivity index is 1.40. The maximum absolute atomic E-state index is 13.3. The first-order chi connectivity index (χ1) is 20.1. The summed E-state index contributed by atoms with van der Waals surface area (Å²) in [7, 11) is 0. The van der Waals surface area contributed by atoms with Crippen LogP contribution in [0.1, 0.15) is 54.9 Å². The quantitative estimate of drug-likeness (QED) is 0.148. The van der Waals surface area contributed by atoms with Crippen LogP contribution in [-0.4, -0.2) is 44.1 Å². The van der Waals surface area contributed by atoms with Crippen molar-refractivity contribution in [3.8, 4) is 22.8 Å². The minimum Gasteiger partial charge on any atom is -0.507 e. The highest BCUT2D eigenvalue weighted by molar-refractivity contribution is 9.10. The first-order valence-corrected chi connectivity index (χ1v) is 16.4. The van der Waals surface area contributed by atoms with Gasteiger partial charge in [0.25, 0.3) is 0 Å². The molecule has 2 aromatic carbocycles. The number of fused-ring (bicyclic) bond motifs is 1. The normalized spacial score (nSPS) is 14.8. The number of carbonyl (C=O) groups is 2. The van der Waals surface area contributed by atoms with Crippen LogP contribution in [0.25, 0.3) is 17.1 Å². The van der Waals surface area contributed by atoms with E-state index in [0.717, 1.165) is 39.9 Å². The van der Waals surface area contributed by atoms with Gasteiger partial charge in [0.15, 0.2) is 11.0 Å². The molecule has 4 aromatic rings. The van der Waals surface area contributed by atoms with Crippen molar-refractivity contribution in [3.63, 3.8) is 0 Å². The summed E-state index contributed by atoms with van der Waals surface area (Å²) in [4.78, 5) is 27.5. The molecule has 0 bridgehead atoms. The van der Waals surface area contributed by atoms with Gasteiger partial charge in [-0.05, 0) is 73.4 Å². The van der Waals surface area contributed by atoms with Gasteiger partial charge >= 0.3 is 5.97 Å². The zero-order chi connectivity index (χ0) is 30.0. The van der Waals surface area contributed by atoms with Gasteiger partial charge in [0.2, 0.25) is 5.91 Å². The number of phenols is 1. The number of nitrogens with one attached hydrogen (secondary N) is 1. The molecule has 42 heavy (non-hydrogen) atoms. The molecular formula is C31H33BrN4O4S2. The van der Waals surface area contributed by atoms with E-state index in [2.05, 4.69) is 52.2 Å². The number of esters is 1. The van der Waals surface area contributed by atoms with E-state index >= 15 is 0 Å². The number of phenolic OH excluding ortho intramolecular Hbond substituents is 1. The molecule has 1 atom stereocenters. The highest BCUT2D eigenvalue weighted by Crippen LogP contribution is 2.44. The minimum atomic E-state index is -0.394. The van der Waals surface area contributed by atoms with E-state index in [-0.39, 0.29) is 29.4 Å². The lowest BCUT2D eigenvalue weighted by Gasteiger charge is -2.33. The molecule has 0 fully saturated rings. The number of para-hydroxylation sites is 1. The summed E-state index contributed by atoms with van der Waals surface area (Å²) in [5.74, 6) is 0.414. The van der Waals surface area contributed by atoms with E-state index in [9.17, 15) is 14.7 Å². The summed E-state index contributed by atoms with van der Waals surface area (Å²) in [5, 5.41) is 23.4. The van der Waals surface area contributed by atoms with Gasteiger partial charge in [-0.3, -0.25) is 9.36 Å². The summed E-state index contributed by atoms with van der Waals surface area (Å²) in [6.07, 6.45) is 2.66. The first kappa shape index (κ1) is 30.3. The number of aromatic nitrogens is 3. The molecule has 2 aromatic heterocycles. The zero-order valence-corrected chi connectivity index (χ0v) is 27.2. The largest absolute Gasteiger partial charge is 0.507 e. The van der Waals surface area contributed by atoms with Crippen LogP contribution < -0.4 is 5.32 Å². The van der Waals surface area contributed by atoms with Crippen LogP contribution in [0.5, 0.6) is 5.75 Å². The van der Waals surface area contributed by atoms with Crippen molar-refractivity contribution < 1.29 is 19.4 Å². The number of benzene rings is 2. The number of amides is 1. The Morgan fingerprint density at radius 1 is 1.19 bits per heavy atom. The summed E-state index contributed by atoms with van der Waals surface area (Å²) in [6, 6.07) is 14.7. The minimum absolute atomic E-state index is 0.0465. The molecule has 0 aliphatic heterocycles. The van der Waals surface area contributed by atoms with E-state index in [4.69, 9.17) is 4.74 Å². The van der Waals surface area contributed by atoms with Crippen molar-refractivity contribution in [2.75, 3.05) is 17.7 Å². The number of halogens is 1. The summed E-state index contributed by atoms with van der Waals surface area (Å²) in [5.41, 5.74) is 2.95. The van der Waals surface area contributed by atoms with Gasteiger partial charge < -0.3 is 15.2 Å². The third-order valence-electron chi connectivity index (χ3n) is 7.40. The molecule has 1 amide bonds. The number of carbonyl (C=O) groups excluding carboxylic acids is 2. The molecule has 0 spiro atoms. The Morgan fingerprint density at radius 2 is 1.95 bits per heavy atom. The molecule has 0 unspecified atom stereocenters. The summed E-state index contributed by atoms with van der Waals surface area (Å²) in [6.45, 7) is 8.80. The van der Waals surface area contributed by atoms with Gasteiger partial charge in [-0.1, -0.05) is 66.7 Å². The number of nitrogens with zero attached hydrogens (tertiary/aromatic N) is 3. The molecule has 5 rings (SSSR count).